The normalized spacial score (nSPS) is 21.3. The van der Waals surface area contributed by atoms with Gasteiger partial charge in [-0.15, -0.1) is 0 Å². The highest BCUT2D eigenvalue weighted by Crippen LogP contribution is 2.22. The second kappa shape index (κ2) is 6.85. The summed E-state index contributed by atoms with van der Waals surface area (Å²) in [6.45, 7) is 5.22. The van der Waals surface area contributed by atoms with E-state index in [9.17, 15) is 13.6 Å². The Morgan fingerprint density at radius 1 is 1.38 bits per heavy atom. The summed E-state index contributed by atoms with van der Waals surface area (Å²) in [5, 5.41) is 5.30. The molecule has 1 aromatic rings. The lowest BCUT2D eigenvalue weighted by molar-refractivity contribution is 0.0906. The summed E-state index contributed by atoms with van der Waals surface area (Å²) in [6, 6.07) is 2.09. The number of hydrogen-bond acceptors (Lipinski definition) is 3. The molecule has 2 unspecified atom stereocenters. The van der Waals surface area contributed by atoms with Crippen molar-refractivity contribution in [2.75, 3.05) is 25.0 Å². The molecule has 0 radical (unpaired) electrons. The SMILES string of the molecule is CCNc1c(F)cc(C(=O)NCC2CCOC2C)cc1F. The maximum atomic E-state index is 13.8. The molecule has 1 saturated heterocycles. The Morgan fingerprint density at radius 3 is 2.57 bits per heavy atom. The first-order chi connectivity index (χ1) is 10.0. The standard InChI is InChI=1S/C15H20F2N2O2/c1-3-18-14-12(16)6-11(7-13(14)17)15(20)19-8-10-4-5-21-9(10)2/h6-7,9-10,18H,3-5,8H2,1-2H3,(H,19,20). The van der Waals surface area contributed by atoms with Gasteiger partial charge in [-0.25, -0.2) is 8.78 Å². The first-order valence-corrected chi connectivity index (χ1v) is 7.15. The molecule has 2 atom stereocenters. The summed E-state index contributed by atoms with van der Waals surface area (Å²) in [5.74, 6) is -1.77. The fourth-order valence-electron chi connectivity index (χ4n) is 2.42. The predicted octanol–water partition coefficient (Wildman–Crippen LogP) is 2.55. The van der Waals surface area contributed by atoms with Gasteiger partial charge in [0, 0.05) is 31.2 Å². The van der Waals surface area contributed by atoms with E-state index >= 15 is 0 Å². The zero-order valence-electron chi connectivity index (χ0n) is 12.2. The van der Waals surface area contributed by atoms with E-state index in [1.54, 1.807) is 6.92 Å². The van der Waals surface area contributed by atoms with E-state index in [0.29, 0.717) is 19.7 Å². The van der Waals surface area contributed by atoms with Gasteiger partial charge in [0.25, 0.3) is 5.91 Å². The van der Waals surface area contributed by atoms with Gasteiger partial charge >= 0.3 is 0 Å². The van der Waals surface area contributed by atoms with Gasteiger partial charge in [-0.05, 0) is 32.4 Å². The van der Waals surface area contributed by atoms with Crippen LogP contribution >= 0.6 is 0 Å². The zero-order chi connectivity index (χ0) is 15.4. The molecule has 1 amide bonds. The van der Waals surface area contributed by atoms with E-state index in [-0.39, 0.29) is 23.3 Å². The Balaban J connectivity index is 2.02. The van der Waals surface area contributed by atoms with Crippen LogP contribution in [0.15, 0.2) is 12.1 Å². The van der Waals surface area contributed by atoms with Gasteiger partial charge in [0.15, 0.2) is 0 Å². The number of amides is 1. The summed E-state index contributed by atoms with van der Waals surface area (Å²) in [7, 11) is 0. The van der Waals surface area contributed by atoms with Gasteiger partial charge in [0.1, 0.15) is 17.3 Å². The molecule has 1 aliphatic heterocycles. The van der Waals surface area contributed by atoms with E-state index < -0.39 is 17.5 Å². The minimum absolute atomic E-state index is 0.0155. The van der Waals surface area contributed by atoms with Crippen molar-refractivity contribution < 1.29 is 18.3 Å². The third-order valence-corrected chi connectivity index (χ3v) is 3.72. The van der Waals surface area contributed by atoms with Crippen LogP contribution in [0.25, 0.3) is 0 Å². The van der Waals surface area contributed by atoms with Crippen molar-refractivity contribution in [3.63, 3.8) is 0 Å². The average molecular weight is 298 g/mol. The largest absolute Gasteiger partial charge is 0.381 e. The van der Waals surface area contributed by atoms with Crippen molar-refractivity contribution in [2.45, 2.75) is 26.4 Å². The lowest BCUT2D eigenvalue weighted by Crippen LogP contribution is -2.32. The highest BCUT2D eigenvalue weighted by atomic mass is 19.1. The smallest absolute Gasteiger partial charge is 0.251 e. The number of benzene rings is 1. The summed E-state index contributed by atoms with van der Waals surface area (Å²) >= 11 is 0. The quantitative estimate of drug-likeness (QED) is 0.878. The third kappa shape index (κ3) is 3.69. The molecule has 0 aromatic heterocycles. The van der Waals surface area contributed by atoms with Crippen LogP contribution in [0, 0.1) is 17.6 Å². The van der Waals surface area contributed by atoms with E-state index in [4.69, 9.17) is 4.74 Å². The molecule has 0 bridgehead atoms. The molecule has 116 valence electrons. The number of nitrogens with one attached hydrogen (secondary N) is 2. The molecule has 0 spiro atoms. The van der Waals surface area contributed by atoms with E-state index in [1.807, 2.05) is 6.92 Å². The van der Waals surface area contributed by atoms with Crippen molar-refractivity contribution in [1.82, 2.24) is 5.32 Å². The monoisotopic (exact) mass is 298 g/mol. The van der Waals surface area contributed by atoms with Gasteiger partial charge < -0.3 is 15.4 Å². The number of rotatable bonds is 5. The van der Waals surface area contributed by atoms with Crippen LogP contribution in [-0.4, -0.2) is 31.7 Å². The number of ether oxygens (including phenoxy) is 1. The Hall–Kier alpha value is -1.69. The summed E-state index contributed by atoms with van der Waals surface area (Å²) in [4.78, 5) is 12.0. The Labute approximate surface area is 122 Å². The molecule has 1 aromatic carbocycles. The Kier molecular flexibility index (Phi) is 5.12. The molecule has 4 nitrogen and oxygen atoms in total. The van der Waals surface area contributed by atoms with E-state index in [2.05, 4.69) is 10.6 Å². The van der Waals surface area contributed by atoms with Gasteiger partial charge in [0.2, 0.25) is 0 Å². The molecular weight excluding hydrogens is 278 g/mol. The Bertz CT molecular complexity index is 499. The molecule has 21 heavy (non-hydrogen) atoms. The van der Waals surface area contributed by atoms with Crippen molar-refractivity contribution in [2.24, 2.45) is 5.92 Å². The van der Waals surface area contributed by atoms with Gasteiger partial charge in [0.05, 0.1) is 6.10 Å². The second-order valence-electron chi connectivity index (χ2n) is 5.18. The molecule has 0 aliphatic carbocycles. The van der Waals surface area contributed by atoms with Gasteiger partial charge in [-0.2, -0.15) is 0 Å². The predicted molar refractivity (Wildman–Crippen MR) is 76.4 cm³/mol. The number of halogens is 2. The number of anilines is 1. The number of hydrogen-bond donors (Lipinski definition) is 2. The van der Waals surface area contributed by atoms with Crippen molar-refractivity contribution >= 4 is 11.6 Å². The van der Waals surface area contributed by atoms with Crippen LogP contribution in [0.4, 0.5) is 14.5 Å². The van der Waals surface area contributed by atoms with Crippen LogP contribution in [0.5, 0.6) is 0 Å². The molecule has 1 heterocycles. The fourth-order valence-corrected chi connectivity index (χ4v) is 2.42. The van der Waals surface area contributed by atoms with Crippen LogP contribution in [-0.2, 0) is 4.74 Å². The summed E-state index contributed by atoms with van der Waals surface area (Å²) < 4.78 is 32.9. The van der Waals surface area contributed by atoms with Crippen LogP contribution in [0.2, 0.25) is 0 Å². The lowest BCUT2D eigenvalue weighted by Gasteiger charge is -2.15. The highest BCUT2D eigenvalue weighted by molar-refractivity contribution is 5.94. The Morgan fingerprint density at radius 2 is 2.05 bits per heavy atom. The van der Waals surface area contributed by atoms with Gasteiger partial charge in [-0.1, -0.05) is 0 Å². The second-order valence-corrected chi connectivity index (χ2v) is 5.18. The minimum atomic E-state index is -0.764. The molecule has 1 fully saturated rings. The van der Waals surface area contributed by atoms with Gasteiger partial charge in [-0.3, -0.25) is 4.79 Å². The third-order valence-electron chi connectivity index (χ3n) is 3.72. The molecule has 2 rings (SSSR count). The number of carbonyl (C=O) groups is 1. The van der Waals surface area contributed by atoms with E-state index in [0.717, 1.165) is 18.6 Å². The van der Waals surface area contributed by atoms with E-state index in [1.165, 1.54) is 0 Å². The molecule has 6 heteroatoms. The first kappa shape index (κ1) is 15.7. The molecular formula is C15H20F2N2O2. The van der Waals surface area contributed by atoms with Crippen molar-refractivity contribution in [1.29, 1.82) is 0 Å². The maximum absolute atomic E-state index is 13.8. The number of carbonyl (C=O) groups excluding carboxylic acids is 1. The average Bonchev–Trinajstić information content (AvgIpc) is 2.85. The topological polar surface area (TPSA) is 50.4 Å². The summed E-state index contributed by atoms with van der Waals surface area (Å²) in [6.07, 6.45) is 0.971. The van der Waals surface area contributed by atoms with Crippen LogP contribution in [0.1, 0.15) is 30.6 Å². The molecule has 0 saturated carbocycles. The van der Waals surface area contributed by atoms with Crippen molar-refractivity contribution in [3.8, 4) is 0 Å². The fraction of sp³-hybridized carbons (Fsp3) is 0.533. The molecule has 1 aliphatic rings. The zero-order valence-corrected chi connectivity index (χ0v) is 12.2. The maximum Gasteiger partial charge on any atom is 0.251 e. The van der Waals surface area contributed by atoms with Crippen LogP contribution < -0.4 is 10.6 Å². The van der Waals surface area contributed by atoms with Crippen LogP contribution in [0.3, 0.4) is 0 Å². The lowest BCUT2D eigenvalue weighted by atomic mass is 10.0. The minimum Gasteiger partial charge on any atom is -0.381 e. The first-order valence-electron chi connectivity index (χ1n) is 7.15. The van der Waals surface area contributed by atoms with Crippen molar-refractivity contribution in [3.05, 3.63) is 29.3 Å². The highest BCUT2D eigenvalue weighted by Gasteiger charge is 2.25. The molecule has 2 N–H and O–H groups in total. The summed E-state index contributed by atoms with van der Waals surface area (Å²) in [5.41, 5.74) is -0.218.